The lowest BCUT2D eigenvalue weighted by Gasteiger charge is -2.25. The summed E-state index contributed by atoms with van der Waals surface area (Å²) in [7, 11) is 3.36. The van der Waals surface area contributed by atoms with Crippen molar-refractivity contribution in [2.45, 2.75) is 25.5 Å². The number of carbonyl (C=O) groups is 1. The zero-order chi connectivity index (χ0) is 14.3. The summed E-state index contributed by atoms with van der Waals surface area (Å²) in [5.74, 6) is 0.379. The highest BCUT2D eigenvalue weighted by molar-refractivity contribution is 5.84. The van der Waals surface area contributed by atoms with Crippen LogP contribution < -0.4 is 15.8 Å². The van der Waals surface area contributed by atoms with Gasteiger partial charge in [-0.1, -0.05) is 12.1 Å². The summed E-state index contributed by atoms with van der Waals surface area (Å²) < 4.78 is 10.7. The number of rotatable bonds is 8. The van der Waals surface area contributed by atoms with Crippen LogP contribution in [0.2, 0.25) is 0 Å². The molecule has 0 fully saturated rings. The Hall–Kier alpha value is -1.59. The Balaban J connectivity index is 2.53. The Bertz CT molecular complexity index is 423. The van der Waals surface area contributed by atoms with E-state index in [1.54, 1.807) is 21.1 Å². The standard InChI is InChI=1S/C14H22N2O3/c1-14(16-2,13(15)17)7-8-19-12-6-4-5-11(9-12)10-18-3/h4-6,9,16H,7-8,10H2,1-3H3,(H2,15,17). The van der Waals surface area contributed by atoms with Gasteiger partial charge in [-0.3, -0.25) is 4.79 Å². The fourth-order valence-corrected chi connectivity index (χ4v) is 1.64. The molecule has 106 valence electrons. The van der Waals surface area contributed by atoms with Crippen molar-refractivity contribution in [3.05, 3.63) is 29.8 Å². The van der Waals surface area contributed by atoms with Gasteiger partial charge < -0.3 is 20.5 Å². The lowest BCUT2D eigenvalue weighted by molar-refractivity contribution is -0.124. The molecule has 5 heteroatoms. The molecule has 0 bridgehead atoms. The van der Waals surface area contributed by atoms with E-state index >= 15 is 0 Å². The van der Waals surface area contributed by atoms with Gasteiger partial charge in [-0.05, 0) is 31.7 Å². The van der Waals surface area contributed by atoms with E-state index in [2.05, 4.69) is 5.32 Å². The topological polar surface area (TPSA) is 73.6 Å². The van der Waals surface area contributed by atoms with Crippen molar-refractivity contribution in [1.29, 1.82) is 0 Å². The molecule has 0 saturated carbocycles. The number of nitrogens with one attached hydrogen (secondary N) is 1. The fraction of sp³-hybridized carbons (Fsp3) is 0.500. The highest BCUT2D eigenvalue weighted by atomic mass is 16.5. The molecule has 5 nitrogen and oxygen atoms in total. The van der Waals surface area contributed by atoms with Gasteiger partial charge in [0.15, 0.2) is 0 Å². The van der Waals surface area contributed by atoms with E-state index in [9.17, 15) is 4.79 Å². The maximum atomic E-state index is 11.3. The van der Waals surface area contributed by atoms with Crippen molar-refractivity contribution in [2.75, 3.05) is 20.8 Å². The minimum atomic E-state index is -0.746. The molecule has 0 radical (unpaired) electrons. The SMILES string of the molecule is CNC(C)(CCOc1cccc(COC)c1)C(N)=O. The Morgan fingerprint density at radius 1 is 1.47 bits per heavy atom. The molecule has 1 amide bonds. The number of likely N-dealkylation sites (N-methyl/N-ethyl adjacent to an activating group) is 1. The second-order valence-electron chi connectivity index (χ2n) is 4.63. The lowest BCUT2D eigenvalue weighted by Crippen LogP contribution is -2.52. The number of ether oxygens (including phenoxy) is 2. The summed E-state index contributed by atoms with van der Waals surface area (Å²) in [4.78, 5) is 11.3. The van der Waals surface area contributed by atoms with Crippen LogP contribution in [0.15, 0.2) is 24.3 Å². The van der Waals surface area contributed by atoms with Gasteiger partial charge in [0.2, 0.25) is 5.91 Å². The average Bonchev–Trinajstić information content (AvgIpc) is 2.39. The van der Waals surface area contributed by atoms with Gasteiger partial charge in [0.1, 0.15) is 5.75 Å². The maximum absolute atomic E-state index is 11.3. The van der Waals surface area contributed by atoms with Crippen LogP contribution in [-0.4, -0.2) is 32.2 Å². The third-order valence-electron chi connectivity index (χ3n) is 3.18. The zero-order valence-corrected chi connectivity index (χ0v) is 11.7. The highest BCUT2D eigenvalue weighted by Gasteiger charge is 2.28. The van der Waals surface area contributed by atoms with Crippen molar-refractivity contribution in [3.8, 4) is 5.75 Å². The molecular formula is C14H22N2O3. The number of hydrogen-bond acceptors (Lipinski definition) is 4. The predicted octanol–water partition coefficient (Wildman–Crippen LogP) is 1.07. The minimum Gasteiger partial charge on any atom is -0.493 e. The first-order valence-corrected chi connectivity index (χ1v) is 6.21. The van der Waals surface area contributed by atoms with Crippen LogP contribution in [0.3, 0.4) is 0 Å². The normalized spacial score (nSPS) is 13.8. The highest BCUT2D eigenvalue weighted by Crippen LogP contribution is 2.16. The molecule has 0 aliphatic carbocycles. The summed E-state index contributed by atoms with van der Waals surface area (Å²) >= 11 is 0. The van der Waals surface area contributed by atoms with Crippen LogP contribution in [0.5, 0.6) is 5.75 Å². The maximum Gasteiger partial charge on any atom is 0.237 e. The minimum absolute atomic E-state index is 0.383. The third-order valence-corrected chi connectivity index (χ3v) is 3.18. The first kappa shape index (κ1) is 15.5. The summed E-state index contributed by atoms with van der Waals surface area (Å²) in [5, 5.41) is 2.92. The molecule has 1 unspecified atom stereocenters. The summed E-state index contributed by atoms with van der Waals surface area (Å²) in [6.45, 7) is 2.73. The van der Waals surface area contributed by atoms with Crippen molar-refractivity contribution in [1.82, 2.24) is 5.32 Å². The van der Waals surface area contributed by atoms with E-state index in [0.717, 1.165) is 11.3 Å². The number of amides is 1. The Morgan fingerprint density at radius 2 is 2.21 bits per heavy atom. The molecule has 0 aromatic heterocycles. The number of methoxy groups -OCH3 is 1. The Morgan fingerprint density at radius 3 is 2.79 bits per heavy atom. The van der Waals surface area contributed by atoms with Crippen LogP contribution in [0.4, 0.5) is 0 Å². The second kappa shape index (κ2) is 7.11. The smallest absolute Gasteiger partial charge is 0.237 e. The van der Waals surface area contributed by atoms with Gasteiger partial charge in [0.25, 0.3) is 0 Å². The number of carbonyl (C=O) groups excluding carboxylic acids is 1. The van der Waals surface area contributed by atoms with E-state index in [4.69, 9.17) is 15.2 Å². The van der Waals surface area contributed by atoms with E-state index in [1.165, 1.54) is 0 Å². The average molecular weight is 266 g/mol. The monoisotopic (exact) mass is 266 g/mol. The summed E-state index contributed by atoms with van der Waals surface area (Å²) in [5.41, 5.74) is 5.65. The lowest BCUT2D eigenvalue weighted by atomic mass is 9.98. The predicted molar refractivity (Wildman–Crippen MR) is 73.9 cm³/mol. The molecule has 0 heterocycles. The van der Waals surface area contributed by atoms with Crippen LogP contribution in [0.1, 0.15) is 18.9 Å². The van der Waals surface area contributed by atoms with E-state index in [1.807, 2.05) is 24.3 Å². The van der Waals surface area contributed by atoms with E-state index in [-0.39, 0.29) is 5.91 Å². The van der Waals surface area contributed by atoms with Crippen molar-refractivity contribution < 1.29 is 14.3 Å². The van der Waals surface area contributed by atoms with Crippen LogP contribution in [0.25, 0.3) is 0 Å². The van der Waals surface area contributed by atoms with Crippen LogP contribution in [0, 0.1) is 0 Å². The van der Waals surface area contributed by atoms with E-state index < -0.39 is 5.54 Å². The van der Waals surface area contributed by atoms with Gasteiger partial charge in [-0.15, -0.1) is 0 Å². The molecular weight excluding hydrogens is 244 g/mol. The molecule has 3 N–H and O–H groups in total. The molecule has 1 rings (SSSR count). The largest absolute Gasteiger partial charge is 0.493 e. The van der Waals surface area contributed by atoms with Crippen molar-refractivity contribution in [3.63, 3.8) is 0 Å². The van der Waals surface area contributed by atoms with Gasteiger partial charge in [-0.25, -0.2) is 0 Å². The summed E-state index contributed by atoms with van der Waals surface area (Å²) in [6.07, 6.45) is 0.507. The first-order chi connectivity index (χ1) is 9.01. The van der Waals surface area contributed by atoms with Gasteiger partial charge in [-0.2, -0.15) is 0 Å². The molecule has 1 atom stereocenters. The second-order valence-corrected chi connectivity index (χ2v) is 4.63. The quantitative estimate of drug-likeness (QED) is 0.738. The number of nitrogens with two attached hydrogens (primary N) is 1. The fourth-order valence-electron chi connectivity index (χ4n) is 1.64. The first-order valence-electron chi connectivity index (χ1n) is 6.21. The molecule has 0 saturated heterocycles. The number of hydrogen-bond donors (Lipinski definition) is 2. The molecule has 0 aliphatic rings. The van der Waals surface area contributed by atoms with Crippen LogP contribution in [-0.2, 0) is 16.1 Å². The van der Waals surface area contributed by atoms with Crippen molar-refractivity contribution in [2.24, 2.45) is 5.73 Å². The molecule has 19 heavy (non-hydrogen) atoms. The van der Waals surface area contributed by atoms with E-state index in [0.29, 0.717) is 19.6 Å². The molecule has 0 aliphatic heterocycles. The van der Waals surface area contributed by atoms with Crippen molar-refractivity contribution >= 4 is 5.91 Å². The van der Waals surface area contributed by atoms with Crippen LogP contribution >= 0.6 is 0 Å². The zero-order valence-electron chi connectivity index (χ0n) is 11.7. The Labute approximate surface area is 114 Å². The third kappa shape index (κ3) is 4.54. The molecule has 1 aromatic rings. The summed E-state index contributed by atoms with van der Waals surface area (Å²) in [6, 6.07) is 7.68. The van der Waals surface area contributed by atoms with Gasteiger partial charge in [0, 0.05) is 13.5 Å². The number of primary amides is 1. The van der Waals surface area contributed by atoms with Gasteiger partial charge in [0.05, 0.1) is 18.8 Å². The molecule has 1 aromatic carbocycles. The Kier molecular flexibility index (Phi) is 5.79. The number of benzene rings is 1. The molecule has 0 spiro atoms. The van der Waals surface area contributed by atoms with Gasteiger partial charge >= 0.3 is 0 Å².